The summed E-state index contributed by atoms with van der Waals surface area (Å²) in [5.41, 5.74) is 6.44. The van der Waals surface area contributed by atoms with Gasteiger partial charge >= 0.3 is 0 Å². The molecular weight excluding hydrogens is 304 g/mol. The van der Waals surface area contributed by atoms with Crippen molar-refractivity contribution >= 4 is 27.5 Å². The molecule has 1 aliphatic rings. The Morgan fingerprint density at radius 1 is 1.38 bits per heavy atom. The average molecular weight is 329 g/mol. The van der Waals surface area contributed by atoms with Gasteiger partial charge in [-0.05, 0) is 37.5 Å². The minimum Gasteiger partial charge on any atom is -0.399 e. The highest BCUT2D eigenvalue weighted by atomic mass is 32.2. The van der Waals surface area contributed by atoms with Crippen molar-refractivity contribution in [3.05, 3.63) is 24.3 Å². The molecule has 0 spiro atoms. The molecule has 118 valence electrons. The second kappa shape index (κ2) is 7.51. The second-order valence-electron chi connectivity index (χ2n) is 5.43. The lowest BCUT2D eigenvalue weighted by Crippen LogP contribution is -2.36. The van der Waals surface area contributed by atoms with Crippen LogP contribution in [0.3, 0.4) is 0 Å². The van der Waals surface area contributed by atoms with Crippen molar-refractivity contribution in [3.63, 3.8) is 0 Å². The fourth-order valence-corrected chi connectivity index (χ4v) is 5.32. The number of rotatable bonds is 9. The highest BCUT2D eigenvalue weighted by Crippen LogP contribution is 2.30. The molecule has 0 aliphatic heterocycles. The molecule has 4 nitrogen and oxygen atoms in total. The van der Waals surface area contributed by atoms with Crippen LogP contribution in [0.15, 0.2) is 29.2 Å². The number of anilines is 1. The molecule has 1 saturated carbocycles. The number of benzene rings is 1. The van der Waals surface area contributed by atoms with Gasteiger partial charge in [0.25, 0.3) is 0 Å². The Morgan fingerprint density at radius 2 is 2.14 bits per heavy atom. The van der Waals surface area contributed by atoms with Gasteiger partial charge in [0.05, 0.1) is 5.75 Å². The first-order chi connectivity index (χ1) is 10.0. The summed E-state index contributed by atoms with van der Waals surface area (Å²) in [4.78, 5) is 1.02. The van der Waals surface area contributed by atoms with Gasteiger partial charge < -0.3 is 5.73 Å². The smallest absolute Gasteiger partial charge is 0.215 e. The molecule has 0 atom stereocenters. The Kier molecular flexibility index (Phi) is 5.96. The summed E-state index contributed by atoms with van der Waals surface area (Å²) in [6, 6.07) is 7.83. The Morgan fingerprint density at radius 3 is 2.76 bits per heavy atom. The number of nitrogens with two attached hydrogens (primary N) is 1. The third-order valence-electron chi connectivity index (χ3n) is 3.51. The van der Waals surface area contributed by atoms with E-state index in [-0.39, 0.29) is 11.8 Å². The van der Waals surface area contributed by atoms with Gasteiger partial charge in [-0.15, -0.1) is 11.8 Å². The highest BCUT2D eigenvalue weighted by molar-refractivity contribution is 8.00. The van der Waals surface area contributed by atoms with E-state index in [1.165, 1.54) is 0 Å². The average Bonchev–Trinajstić information content (AvgIpc) is 3.23. The van der Waals surface area contributed by atoms with Crippen molar-refractivity contribution in [3.8, 4) is 0 Å². The van der Waals surface area contributed by atoms with Crippen molar-refractivity contribution in [1.82, 2.24) is 4.31 Å². The van der Waals surface area contributed by atoms with Crippen LogP contribution in [-0.4, -0.2) is 36.8 Å². The molecule has 1 fully saturated rings. The summed E-state index contributed by atoms with van der Waals surface area (Å²) < 4.78 is 26.7. The van der Waals surface area contributed by atoms with Crippen molar-refractivity contribution in [2.24, 2.45) is 0 Å². The predicted octanol–water partition coefficient (Wildman–Crippen LogP) is 2.96. The van der Waals surface area contributed by atoms with E-state index in [0.717, 1.165) is 30.6 Å². The number of sulfonamides is 1. The van der Waals surface area contributed by atoms with Gasteiger partial charge in [-0.1, -0.05) is 19.4 Å². The molecule has 0 saturated heterocycles. The number of thioether (sulfide) groups is 1. The van der Waals surface area contributed by atoms with Crippen LogP contribution in [-0.2, 0) is 10.0 Å². The minimum atomic E-state index is -3.13. The van der Waals surface area contributed by atoms with Crippen molar-refractivity contribution in [2.75, 3.05) is 23.8 Å². The summed E-state index contributed by atoms with van der Waals surface area (Å²) in [5, 5.41) is 0. The quantitative estimate of drug-likeness (QED) is 0.559. The van der Waals surface area contributed by atoms with Gasteiger partial charge in [0, 0.05) is 28.9 Å². The molecule has 6 heteroatoms. The topological polar surface area (TPSA) is 63.4 Å². The highest BCUT2D eigenvalue weighted by Gasteiger charge is 2.36. The molecule has 21 heavy (non-hydrogen) atoms. The van der Waals surface area contributed by atoms with Crippen molar-refractivity contribution in [1.29, 1.82) is 0 Å². The summed E-state index contributed by atoms with van der Waals surface area (Å²) in [6.45, 7) is 2.76. The molecule has 0 unspecified atom stereocenters. The molecule has 0 amide bonds. The van der Waals surface area contributed by atoms with E-state index in [0.29, 0.717) is 18.0 Å². The third kappa shape index (κ3) is 5.20. The summed E-state index contributed by atoms with van der Waals surface area (Å²) >= 11 is 1.55. The summed E-state index contributed by atoms with van der Waals surface area (Å²) in [7, 11) is -3.13. The predicted molar refractivity (Wildman–Crippen MR) is 90.0 cm³/mol. The number of hydrogen-bond donors (Lipinski definition) is 1. The van der Waals surface area contributed by atoms with E-state index in [2.05, 4.69) is 6.92 Å². The first-order valence-corrected chi connectivity index (χ1v) is 10.1. The van der Waals surface area contributed by atoms with Gasteiger partial charge in [-0.25, -0.2) is 8.42 Å². The maximum Gasteiger partial charge on any atom is 0.215 e. The van der Waals surface area contributed by atoms with E-state index < -0.39 is 10.0 Å². The molecule has 0 bridgehead atoms. The van der Waals surface area contributed by atoms with Gasteiger partial charge in [0.15, 0.2) is 0 Å². The zero-order valence-electron chi connectivity index (χ0n) is 12.5. The Bertz CT molecular complexity index is 557. The number of unbranched alkanes of at least 4 members (excludes halogenated alkanes) is 1. The van der Waals surface area contributed by atoms with Crippen molar-refractivity contribution in [2.45, 2.75) is 43.5 Å². The summed E-state index contributed by atoms with van der Waals surface area (Å²) in [6.07, 6.45) is 4.01. The lowest BCUT2D eigenvalue weighted by Gasteiger charge is -2.21. The second-order valence-corrected chi connectivity index (χ2v) is 8.64. The number of nitrogen functional groups attached to an aromatic ring is 1. The first-order valence-electron chi connectivity index (χ1n) is 7.51. The molecule has 0 heterocycles. The molecular formula is C15H24N2O2S2. The van der Waals surface area contributed by atoms with Crippen molar-refractivity contribution < 1.29 is 8.42 Å². The molecule has 2 N–H and O–H groups in total. The Labute approximate surface area is 132 Å². The Balaban J connectivity index is 1.87. The van der Waals surface area contributed by atoms with Crippen LogP contribution < -0.4 is 5.73 Å². The van der Waals surface area contributed by atoms with Gasteiger partial charge in [0.1, 0.15) is 0 Å². The lowest BCUT2D eigenvalue weighted by molar-refractivity contribution is 0.396. The molecule has 1 aromatic rings. The van der Waals surface area contributed by atoms with E-state index in [1.54, 1.807) is 16.1 Å². The number of hydrogen-bond acceptors (Lipinski definition) is 4. The molecule has 2 rings (SSSR count). The van der Waals surface area contributed by atoms with Crippen LogP contribution in [0.4, 0.5) is 5.69 Å². The van der Waals surface area contributed by atoms with Crippen LogP contribution in [0.1, 0.15) is 32.6 Å². The maximum absolute atomic E-state index is 12.5. The summed E-state index contributed by atoms with van der Waals surface area (Å²) in [5.74, 6) is 0.772. The fraction of sp³-hybridized carbons (Fsp3) is 0.600. The first kappa shape index (κ1) is 16.6. The van der Waals surface area contributed by atoms with Gasteiger partial charge in [-0.3, -0.25) is 0 Å². The van der Waals surface area contributed by atoms with E-state index >= 15 is 0 Å². The SMILES string of the molecule is CCCCN(C1CC1)S(=O)(=O)CCSc1cccc(N)c1. The van der Waals surface area contributed by atoms with E-state index in [9.17, 15) is 8.42 Å². The molecule has 0 aromatic heterocycles. The fourth-order valence-electron chi connectivity index (χ4n) is 2.21. The zero-order chi connectivity index (χ0) is 15.3. The van der Waals surface area contributed by atoms with E-state index in [1.807, 2.05) is 24.3 Å². The molecule has 0 radical (unpaired) electrons. The third-order valence-corrected chi connectivity index (χ3v) is 6.68. The normalized spacial score (nSPS) is 15.5. The minimum absolute atomic E-state index is 0.201. The monoisotopic (exact) mass is 328 g/mol. The largest absolute Gasteiger partial charge is 0.399 e. The van der Waals surface area contributed by atoms with Gasteiger partial charge in [-0.2, -0.15) is 4.31 Å². The van der Waals surface area contributed by atoms with Crippen LogP contribution in [0, 0.1) is 0 Å². The molecule has 1 aliphatic carbocycles. The standard InChI is InChI=1S/C15H24N2O2S2/c1-2-3-9-17(14-7-8-14)21(18,19)11-10-20-15-6-4-5-13(16)12-15/h4-6,12,14H,2-3,7-11,16H2,1H3. The maximum atomic E-state index is 12.5. The Hall–Kier alpha value is -0.720. The number of nitrogens with zero attached hydrogens (tertiary/aromatic N) is 1. The van der Waals surface area contributed by atoms with Gasteiger partial charge in [0.2, 0.25) is 10.0 Å². The lowest BCUT2D eigenvalue weighted by atomic mass is 10.3. The van der Waals surface area contributed by atoms with Crippen LogP contribution in [0.2, 0.25) is 0 Å². The molecule has 1 aromatic carbocycles. The van der Waals surface area contributed by atoms with Crippen LogP contribution >= 0.6 is 11.8 Å². The van der Waals surface area contributed by atoms with Crippen LogP contribution in [0.25, 0.3) is 0 Å². The van der Waals surface area contributed by atoms with Crippen LogP contribution in [0.5, 0.6) is 0 Å². The zero-order valence-corrected chi connectivity index (χ0v) is 14.1. The van der Waals surface area contributed by atoms with E-state index in [4.69, 9.17) is 5.73 Å².